The zero-order valence-corrected chi connectivity index (χ0v) is 21.3. The fourth-order valence-corrected chi connectivity index (χ4v) is 6.84. The number of carbonyl (C=O) groups is 2. The number of piperidine rings is 1. The van der Waals surface area contributed by atoms with Crippen LogP contribution in [0.3, 0.4) is 0 Å². The number of carbonyl (C=O) groups excluding carboxylic acids is 2. The number of ether oxygens (including phenoxy) is 1. The van der Waals surface area contributed by atoms with E-state index in [1.807, 2.05) is 61.5 Å². The lowest BCUT2D eigenvalue weighted by molar-refractivity contribution is 0.0700. The van der Waals surface area contributed by atoms with Gasteiger partial charge in [0.25, 0.3) is 5.91 Å². The van der Waals surface area contributed by atoms with Crippen molar-refractivity contribution in [3.05, 3.63) is 57.8 Å². The number of fused-ring (bicyclic) bond motifs is 2. The van der Waals surface area contributed by atoms with Crippen molar-refractivity contribution in [1.82, 2.24) is 24.6 Å². The fraction of sp³-hybridized carbons (Fsp3) is 0.360. The number of hydrogen-bond donors (Lipinski definition) is 1. The average molecular weight is 508 g/mol. The number of benzene rings is 1. The second-order valence-corrected chi connectivity index (χ2v) is 11.3. The molecule has 1 saturated heterocycles. The zero-order chi connectivity index (χ0) is 24.3. The molecule has 3 atom stereocenters. The topological polar surface area (TPSA) is 88.8 Å². The Morgan fingerprint density at radius 3 is 2.86 bits per heavy atom. The smallest absolute Gasteiger partial charge is 0.391 e. The van der Waals surface area contributed by atoms with E-state index in [9.17, 15) is 9.59 Å². The third-order valence-corrected chi connectivity index (χ3v) is 8.68. The van der Waals surface area contributed by atoms with E-state index >= 15 is 0 Å². The van der Waals surface area contributed by atoms with Crippen molar-refractivity contribution in [2.75, 3.05) is 13.1 Å². The molecule has 0 bridgehead atoms. The summed E-state index contributed by atoms with van der Waals surface area (Å²) in [6, 6.07) is 8.01. The van der Waals surface area contributed by atoms with Gasteiger partial charge in [0.2, 0.25) is 5.88 Å². The van der Waals surface area contributed by atoms with Crippen molar-refractivity contribution in [3.63, 3.8) is 0 Å². The standard InChI is InChI=1S/C25H25N5O3S2/c1-13-6-4-5-7-17(13)21-20(28-15(3)35-21)22(31)30-12-16-10-18(16)19(30)11-26-25(32)33-23-14(2)27-24-29(23)8-9-34-24/h4-9,16,18-19H,10-12H2,1-3H3,(H,26,32)/t16-,18-,19+/m0/s1. The van der Waals surface area contributed by atoms with Gasteiger partial charge in [-0.1, -0.05) is 24.3 Å². The maximum atomic E-state index is 13.7. The molecule has 1 saturated carbocycles. The monoisotopic (exact) mass is 507 g/mol. The molecule has 0 radical (unpaired) electrons. The van der Waals surface area contributed by atoms with E-state index in [0.29, 0.717) is 42.2 Å². The first kappa shape index (κ1) is 22.2. The van der Waals surface area contributed by atoms with E-state index < -0.39 is 6.09 Å². The summed E-state index contributed by atoms with van der Waals surface area (Å²) in [5, 5.41) is 5.65. The molecule has 1 aromatic carbocycles. The molecule has 1 N–H and O–H groups in total. The fourth-order valence-electron chi connectivity index (χ4n) is 5.09. The van der Waals surface area contributed by atoms with Gasteiger partial charge < -0.3 is 15.0 Å². The summed E-state index contributed by atoms with van der Waals surface area (Å²) in [7, 11) is 0. The van der Waals surface area contributed by atoms with Crippen LogP contribution >= 0.6 is 22.7 Å². The number of thiazole rings is 2. The maximum absolute atomic E-state index is 13.7. The second-order valence-electron chi connectivity index (χ2n) is 9.24. The summed E-state index contributed by atoms with van der Waals surface area (Å²) in [4.78, 5) is 39.0. The van der Waals surface area contributed by atoms with Gasteiger partial charge in [0.05, 0.1) is 15.9 Å². The minimum Gasteiger partial charge on any atom is -0.391 e. The average Bonchev–Trinajstić information content (AvgIpc) is 3.15. The van der Waals surface area contributed by atoms with Crippen LogP contribution in [0.25, 0.3) is 15.4 Å². The highest BCUT2D eigenvalue weighted by Gasteiger charge is 2.54. The first-order valence-corrected chi connectivity index (χ1v) is 13.3. The van der Waals surface area contributed by atoms with Gasteiger partial charge in [-0.2, -0.15) is 0 Å². The van der Waals surface area contributed by atoms with Gasteiger partial charge in [-0.25, -0.2) is 14.8 Å². The summed E-state index contributed by atoms with van der Waals surface area (Å²) in [5.74, 6) is 1.25. The van der Waals surface area contributed by atoms with Gasteiger partial charge in [-0.05, 0) is 50.2 Å². The molecule has 0 spiro atoms. The van der Waals surface area contributed by atoms with Gasteiger partial charge in [0.1, 0.15) is 11.4 Å². The normalized spacial score (nSPS) is 20.8. The van der Waals surface area contributed by atoms with Crippen molar-refractivity contribution in [2.24, 2.45) is 11.8 Å². The summed E-state index contributed by atoms with van der Waals surface area (Å²) >= 11 is 3.03. The van der Waals surface area contributed by atoms with Crippen LogP contribution in [0.15, 0.2) is 35.8 Å². The minimum atomic E-state index is -0.539. The van der Waals surface area contributed by atoms with Crippen LogP contribution < -0.4 is 10.1 Å². The van der Waals surface area contributed by atoms with E-state index in [4.69, 9.17) is 4.74 Å². The number of aromatic nitrogens is 3. The Kier molecular flexibility index (Phi) is 5.37. The molecule has 2 amide bonds. The molecule has 2 aliphatic rings. The highest BCUT2D eigenvalue weighted by Crippen LogP contribution is 2.50. The number of imidazole rings is 1. The van der Waals surface area contributed by atoms with E-state index in [1.54, 1.807) is 15.7 Å². The molecule has 8 nitrogen and oxygen atoms in total. The molecule has 35 heavy (non-hydrogen) atoms. The highest BCUT2D eigenvalue weighted by atomic mass is 32.1. The quantitative estimate of drug-likeness (QED) is 0.423. The number of nitrogens with zero attached hydrogens (tertiary/aromatic N) is 4. The third kappa shape index (κ3) is 3.90. The van der Waals surface area contributed by atoms with Crippen molar-refractivity contribution < 1.29 is 14.3 Å². The first-order chi connectivity index (χ1) is 16.9. The van der Waals surface area contributed by atoms with E-state index in [1.165, 1.54) is 11.3 Å². The predicted octanol–water partition coefficient (Wildman–Crippen LogP) is 4.69. The van der Waals surface area contributed by atoms with Crippen molar-refractivity contribution >= 4 is 39.6 Å². The molecule has 0 unspecified atom stereocenters. The highest BCUT2D eigenvalue weighted by molar-refractivity contribution is 7.15. The van der Waals surface area contributed by atoms with Crippen LogP contribution in [0.4, 0.5) is 4.79 Å². The number of amides is 2. The lowest BCUT2D eigenvalue weighted by Gasteiger charge is -2.27. The Morgan fingerprint density at radius 1 is 1.20 bits per heavy atom. The van der Waals surface area contributed by atoms with Crippen LogP contribution in [0.1, 0.15) is 33.2 Å². The largest absolute Gasteiger partial charge is 0.414 e. The summed E-state index contributed by atoms with van der Waals surface area (Å²) in [6.45, 7) is 6.85. The van der Waals surface area contributed by atoms with Crippen molar-refractivity contribution in [3.8, 4) is 16.3 Å². The number of hydrogen-bond acceptors (Lipinski definition) is 7. The number of likely N-dealkylation sites (tertiary alicyclic amines) is 1. The molecule has 180 valence electrons. The molecular weight excluding hydrogens is 482 g/mol. The molecule has 1 aliphatic carbocycles. The molecular formula is C25H25N5O3S2. The first-order valence-electron chi connectivity index (χ1n) is 11.6. The summed E-state index contributed by atoms with van der Waals surface area (Å²) in [6.07, 6.45) is 2.38. The Bertz CT molecular complexity index is 1450. The van der Waals surface area contributed by atoms with Gasteiger partial charge in [0, 0.05) is 24.7 Å². The van der Waals surface area contributed by atoms with Crippen molar-refractivity contribution in [2.45, 2.75) is 33.2 Å². The summed E-state index contributed by atoms with van der Waals surface area (Å²) in [5.41, 5.74) is 3.32. The predicted molar refractivity (Wildman–Crippen MR) is 135 cm³/mol. The minimum absolute atomic E-state index is 0.0633. The van der Waals surface area contributed by atoms with Crippen LogP contribution in [-0.2, 0) is 0 Å². The molecule has 4 heterocycles. The van der Waals surface area contributed by atoms with Crippen LogP contribution in [0.2, 0.25) is 0 Å². The van der Waals surface area contributed by atoms with E-state index in [0.717, 1.165) is 32.4 Å². The molecule has 1 aliphatic heterocycles. The number of aryl methyl sites for hydroxylation is 3. The molecule has 6 rings (SSSR count). The molecule has 3 aromatic heterocycles. The van der Waals surface area contributed by atoms with Gasteiger partial charge in [-0.15, -0.1) is 22.7 Å². The third-order valence-electron chi connectivity index (χ3n) is 6.92. The lowest BCUT2D eigenvalue weighted by atomic mass is 10.1. The van der Waals surface area contributed by atoms with Gasteiger partial charge >= 0.3 is 6.09 Å². The van der Waals surface area contributed by atoms with E-state index in [2.05, 4.69) is 15.3 Å². The van der Waals surface area contributed by atoms with Crippen LogP contribution in [-0.4, -0.2) is 50.4 Å². The van der Waals surface area contributed by atoms with Crippen molar-refractivity contribution in [1.29, 1.82) is 0 Å². The number of rotatable bonds is 5. The van der Waals surface area contributed by atoms with Crippen LogP contribution in [0.5, 0.6) is 5.88 Å². The molecule has 2 fully saturated rings. The second kappa shape index (κ2) is 8.46. The SMILES string of the molecule is Cc1nc(C(=O)N2C[C@@H]3C[C@@H]3[C@H]2CNC(=O)Oc2c(C)nc3sccn23)c(-c2ccccc2C)s1. The maximum Gasteiger partial charge on any atom is 0.414 e. The van der Waals surface area contributed by atoms with E-state index in [-0.39, 0.29) is 11.9 Å². The number of nitrogens with one attached hydrogen (secondary N) is 1. The molecule has 10 heteroatoms. The summed E-state index contributed by atoms with van der Waals surface area (Å²) < 4.78 is 7.35. The van der Waals surface area contributed by atoms with Crippen LogP contribution in [0, 0.1) is 32.6 Å². The van der Waals surface area contributed by atoms with Gasteiger partial charge in [0.15, 0.2) is 4.96 Å². The Balaban J connectivity index is 1.19. The molecule has 4 aromatic rings. The van der Waals surface area contributed by atoms with Gasteiger partial charge in [-0.3, -0.25) is 9.20 Å². The Hall–Kier alpha value is -3.24. The zero-order valence-electron chi connectivity index (χ0n) is 19.6. The Morgan fingerprint density at radius 2 is 2.03 bits per heavy atom. The lowest BCUT2D eigenvalue weighted by Crippen LogP contribution is -2.46. The Labute approximate surface area is 210 Å².